The molecule has 0 spiro atoms. The van der Waals surface area contributed by atoms with Crippen molar-refractivity contribution in [3.63, 3.8) is 0 Å². The van der Waals surface area contributed by atoms with Crippen LogP contribution in [-0.4, -0.2) is 48.9 Å². The van der Waals surface area contributed by atoms with Crippen LogP contribution in [0, 0.1) is 5.82 Å². The van der Waals surface area contributed by atoms with Gasteiger partial charge in [-0.25, -0.2) is 4.39 Å². The van der Waals surface area contributed by atoms with Crippen molar-refractivity contribution in [1.29, 1.82) is 0 Å². The van der Waals surface area contributed by atoms with E-state index in [0.717, 1.165) is 38.4 Å². The maximum atomic E-state index is 13.1. The Kier molecular flexibility index (Phi) is 5.83. The topological polar surface area (TPSA) is 35.6 Å². The van der Waals surface area contributed by atoms with Crippen LogP contribution in [0.5, 0.6) is 0 Å². The van der Waals surface area contributed by atoms with Gasteiger partial charge in [0.1, 0.15) is 5.82 Å². The fraction of sp³-hybridized carbons (Fsp3) is 0.316. The highest BCUT2D eigenvalue weighted by Gasteiger charge is 2.14. The van der Waals surface area contributed by atoms with E-state index in [1.807, 2.05) is 24.3 Å². The molecule has 0 radical (unpaired) electrons. The summed E-state index contributed by atoms with van der Waals surface area (Å²) in [6.07, 6.45) is 0. The highest BCUT2D eigenvalue weighted by molar-refractivity contribution is 9.10. The maximum Gasteiger partial charge on any atom is 0.256 e. The van der Waals surface area contributed by atoms with Gasteiger partial charge in [-0.15, -0.1) is 0 Å². The van der Waals surface area contributed by atoms with Crippen molar-refractivity contribution in [3.05, 3.63) is 63.9 Å². The number of carbonyl (C=O) groups is 1. The summed E-state index contributed by atoms with van der Waals surface area (Å²) in [5.41, 5.74) is 2.36. The number of hydrogen-bond acceptors (Lipinski definition) is 3. The number of nitrogens with one attached hydrogen (secondary N) is 1. The molecule has 25 heavy (non-hydrogen) atoms. The van der Waals surface area contributed by atoms with E-state index < -0.39 is 0 Å². The first-order valence-corrected chi connectivity index (χ1v) is 9.07. The summed E-state index contributed by atoms with van der Waals surface area (Å²) in [6, 6.07) is 11.9. The van der Waals surface area contributed by atoms with Gasteiger partial charge in [0.25, 0.3) is 5.91 Å². The van der Waals surface area contributed by atoms with Crippen LogP contribution in [0.15, 0.2) is 46.9 Å². The summed E-state index contributed by atoms with van der Waals surface area (Å²) in [6.45, 7) is 5.27. The molecule has 0 atom stereocenters. The Bertz CT molecular complexity index is 743. The van der Waals surface area contributed by atoms with Crippen LogP contribution in [0.25, 0.3) is 0 Å². The molecule has 0 saturated carbocycles. The first-order chi connectivity index (χ1) is 12.0. The summed E-state index contributed by atoms with van der Waals surface area (Å²) >= 11 is 3.22. The van der Waals surface area contributed by atoms with Crippen molar-refractivity contribution in [2.45, 2.75) is 6.54 Å². The first-order valence-electron chi connectivity index (χ1n) is 8.27. The SMILES string of the molecule is CN1CCN(Cc2ccc(NC(=O)c3ccc(F)cc3Br)cc2)CC1. The summed E-state index contributed by atoms with van der Waals surface area (Å²) in [5, 5.41) is 2.84. The second-order valence-electron chi connectivity index (χ2n) is 6.35. The molecular weight excluding hydrogens is 385 g/mol. The number of nitrogens with zero attached hydrogens (tertiary/aromatic N) is 2. The third kappa shape index (κ3) is 4.87. The number of likely N-dealkylation sites (N-methyl/N-ethyl adjacent to an activating group) is 1. The van der Waals surface area contributed by atoms with Gasteiger partial charge < -0.3 is 10.2 Å². The molecule has 1 fully saturated rings. The molecule has 1 amide bonds. The van der Waals surface area contributed by atoms with Crippen LogP contribution < -0.4 is 5.32 Å². The number of carbonyl (C=O) groups excluding carboxylic acids is 1. The van der Waals surface area contributed by atoms with Gasteiger partial charge >= 0.3 is 0 Å². The van der Waals surface area contributed by atoms with Crippen molar-refractivity contribution in [3.8, 4) is 0 Å². The van der Waals surface area contributed by atoms with E-state index >= 15 is 0 Å². The summed E-state index contributed by atoms with van der Waals surface area (Å²) in [4.78, 5) is 17.1. The fourth-order valence-electron chi connectivity index (χ4n) is 2.83. The Balaban J connectivity index is 1.59. The molecule has 2 aromatic rings. The molecule has 0 bridgehead atoms. The van der Waals surface area contributed by atoms with Crippen LogP contribution in [0.2, 0.25) is 0 Å². The quantitative estimate of drug-likeness (QED) is 0.843. The Morgan fingerprint density at radius 1 is 1.12 bits per heavy atom. The molecule has 6 heteroatoms. The smallest absolute Gasteiger partial charge is 0.256 e. The normalized spacial score (nSPS) is 16.0. The summed E-state index contributed by atoms with van der Waals surface area (Å²) in [5.74, 6) is -0.643. The number of amides is 1. The van der Waals surface area contributed by atoms with Gasteiger partial charge in [0.2, 0.25) is 0 Å². The molecule has 1 saturated heterocycles. The zero-order valence-electron chi connectivity index (χ0n) is 14.1. The lowest BCUT2D eigenvalue weighted by molar-refractivity contribution is 0.102. The lowest BCUT2D eigenvalue weighted by Gasteiger charge is -2.32. The van der Waals surface area contributed by atoms with Crippen molar-refractivity contribution in [1.82, 2.24) is 9.80 Å². The van der Waals surface area contributed by atoms with Gasteiger partial charge in [-0.2, -0.15) is 0 Å². The highest BCUT2D eigenvalue weighted by atomic mass is 79.9. The predicted octanol–water partition coefficient (Wildman–Crippen LogP) is 3.59. The largest absolute Gasteiger partial charge is 0.322 e. The maximum absolute atomic E-state index is 13.1. The Morgan fingerprint density at radius 3 is 2.44 bits per heavy atom. The van der Waals surface area contributed by atoms with E-state index in [-0.39, 0.29) is 11.7 Å². The van der Waals surface area contributed by atoms with E-state index in [0.29, 0.717) is 10.0 Å². The van der Waals surface area contributed by atoms with Crippen LogP contribution in [0.4, 0.5) is 10.1 Å². The number of benzene rings is 2. The van der Waals surface area contributed by atoms with Crippen molar-refractivity contribution in [2.75, 3.05) is 38.5 Å². The van der Waals surface area contributed by atoms with Crippen LogP contribution in [-0.2, 0) is 6.54 Å². The van der Waals surface area contributed by atoms with E-state index in [1.165, 1.54) is 23.8 Å². The minimum Gasteiger partial charge on any atom is -0.322 e. The van der Waals surface area contributed by atoms with E-state index in [4.69, 9.17) is 0 Å². The molecule has 1 aliphatic rings. The fourth-order valence-corrected chi connectivity index (χ4v) is 3.36. The number of piperazine rings is 1. The third-order valence-corrected chi connectivity index (χ3v) is 5.05. The minimum absolute atomic E-state index is 0.265. The number of anilines is 1. The second-order valence-corrected chi connectivity index (χ2v) is 7.21. The molecule has 1 aliphatic heterocycles. The van der Waals surface area contributed by atoms with Gasteiger partial charge in [0, 0.05) is 42.9 Å². The molecule has 2 aromatic carbocycles. The molecule has 1 N–H and O–H groups in total. The monoisotopic (exact) mass is 405 g/mol. The minimum atomic E-state index is -0.378. The molecule has 0 aliphatic carbocycles. The molecule has 0 aromatic heterocycles. The number of rotatable bonds is 4. The Morgan fingerprint density at radius 2 is 1.80 bits per heavy atom. The van der Waals surface area contributed by atoms with Crippen molar-refractivity contribution >= 4 is 27.5 Å². The molecule has 3 rings (SSSR count). The molecule has 4 nitrogen and oxygen atoms in total. The van der Waals surface area contributed by atoms with E-state index in [1.54, 1.807) is 0 Å². The highest BCUT2D eigenvalue weighted by Crippen LogP contribution is 2.20. The molecule has 1 heterocycles. The molecule has 132 valence electrons. The van der Waals surface area contributed by atoms with Gasteiger partial charge in [-0.1, -0.05) is 12.1 Å². The summed E-state index contributed by atoms with van der Waals surface area (Å²) in [7, 11) is 2.15. The lowest BCUT2D eigenvalue weighted by Crippen LogP contribution is -2.43. The number of halogens is 2. The van der Waals surface area contributed by atoms with E-state index in [2.05, 4.69) is 38.1 Å². The molecule has 0 unspecified atom stereocenters. The zero-order valence-corrected chi connectivity index (χ0v) is 15.7. The Labute approximate surface area is 155 Å². The standard InChI is InChI=1S/C19H21BrFN3O/c1-23-8-10-24(11-9-23)13-14-2-5-16(6-3-14)22-19(25)17-7-4-15(21)12-18(17)20/h2-7,12H,8-11,13H2,1H3,(H,22,25). The number of hydrogen-bond donors (Lipinski definition) is 1. The van der Waals surface area contributed by atoms with Gasteiger partial charge in [-0.3, -0.25) is 9.69 Å². The lowest BCUT2D eigenvalue weighted by atomic mass is 10.1. The van der Waals surface area contributed by atoms with E-state index in [9.17, 15) is 9.18 Å². The first kappa shape index (κ1) is 18.0. The van der Waals surface area contributed by atoms with Crippen molar-refractivity contribution < 1.29 is 9.18 Å². The van der Waals surface area contributed by atoms with Crippen LogP contribution in [0.1, 0.15) is 15.9 Å². The van der Waals surface area contributed by atoms with Gasteiger partial charge in [0.05, 0.1) is 5.56 Å². The Hall–Kier alpha value is -1.76. The van der Waals surface area contributed by atoms with Crippen LogP contribution >= 0.6 is 15.9 Å². The average molecular weight is 406 g/mol. The summed E-state index contributed by atoms with van der Waals surface area (Å²) < 4.78 is 13.6. The average Bonchev–Trinajstić information content (AvgIpc) is 2.58. The third-order valence-electron chi connectivity index (χ3n) is 4.39. The van der Waals surface area contributed by atoms with Crippen molar-refractivity contribution in [2.24, 2.45) is 0 Å². The molecular formula is C19H21BrFN3O. The predicted molar refractivity (Wildman–Crippen MR) is 101 cm³/mol. The van der Waals surface area contributed by atoms with Gasteiger partial charge in [0.15, 0.2) is 0 Å². The second kappa shape index (κ2) is 8.08. The van der Waals surface area contributed by atoms with Crippen LogP contribution in [0.3, 0.4) is 0 Å². The zero-order chi connectivity index (χ0) is 17.8. The van der Waals surface area contributed by atoms with Gasteiger partial charge in [-0.05, 0) is 58.9 Å².